The van der Waals surface area contributed by atoms with E-state index in [4.69, 9.17) is 5.14 Å². The first-order chi connectivity index (χ1) is 9.58. The standard InChI is InChI=1S/C14H22N4OS/c1-11-7-12(2)9-13(8-11)16-14(19)18-5-3-17(4-6-18)10-20-15/h7-9H,3-6,10,15H2,1-2H3,(H,16,19). The van der Waals surface area contributed by atoms with Gasteiger partial charge in [-0.05, 0) is 37.1 Å². The molecule has 1 heterocycles. The Bertz CT molecular complexity index is 452. The van der Waals surface area contributed by atoms with E-state index in [0.29, 0.717) is 0 Å². The Kier molecular flexibility index (Phi) is 5.28. The second kappa shape index (κ2) is 6.97. The zero-order valence-corrected chi connectivity index (χ0v) is 12.9. The molecular formula is C14H22N4OS. The molecular weight excluding hydrogens is 272 g/mol. The Labute approximate surface area is 124 Å². The van der Waals surface area contributed by atoms with Gasteiger partial charge in [0.1, 0.15) is 0 Å². The summed E-state index contributed by atoms with van der Waals surface area (Å²) < 4.78 is 0. The lowest BCUT2D eigenvalue weighted by Gasteiger charge is -2.34. The molecule has 0 aromatic heterocycles. The van der Waals surface area contributed by atoms with Crippen molar-refractivity contribution in [3.8, 4) is 0 Å². The van der Waals surface area contributed by atoms with Crippen LogP contribution in [0.5, 0.6) is 0 Å². The van der Waals surface area contributed by atoms with Gasteiger partial charge in [0.25, 0.3) is 0 Å². The van der Waals surface area contributed by atoms with Crippen LogP contribution in [0.25, 0.3) is 0 Å². The molecule has 1 aliphatic heterocycles. The van der Waals surface area contributed by atoms with Crippen LogP contribution < -0.4 is 10.5 Å². The predicted molar refractivity (Wildman–Crippen MR) is 84.7 cm³/mol. The minimum Gasteiger partial charge on any atom is -0.322 e. The number of benzene rings is 1. The van der Waals surface area contributed by atoms with E-state index in [9.17, 15) is 4.79 Å². The number of amides is 2. The minimum absolute atomic E-state index is 0.0185. The molecule has 3 N–H and O–H groups in total. The van der Waals surface area contributed by atoms with Crippen molar-refractivity contribution in [3.05, 3.63) is 29.3 Å². The molecule has 6 heteroatoms. The first-order valence-electron chi connectivity index (χ1n) is 6.77. The first-order valence-corrected chi connectivity index (χ1v) is 7.81. The van der Waals surface area contributed by atoms with E-state index in [-0.39, 0.29) is 6.03 Å². The lowest BCUT2D eigenvalue weighted by atomic mass is 10.1. The van der Waals surface area contributed by atoms with Crippen molar-refractivity contribution in [2.45, 2.75) is 13.8 Å². The number of rotatable bonds is 3. The number of hydrogen-bond acceptors (Lipinski definition) is 4. The smallest absolute Gasteiger partial charge is 0.321 e. The highest BCUT2D eigenvalue weighted by Gasteiger charge is 2.20. The highest BCUT2D eigenvalue weighted by molar-refractivity contribution is 7.97. The van der Waals surface area contributed by atoms with Crippen LogP contribution in [0.15, 0.2) is 18.2 Å². The lowest BCUT2D eigenvalue weighted by molar-refractivity contribution is 0.161. The van der Waals surface area contributed by atoms with Crippen molar-refractivity contribution in [2.24, 2.45) is 5.14 Å². The lowest BCUT2D eigenvalue weighted by Crippen LogP contribution is -2.49. The normalized spacial score (nSPS) is 16.2. The monoisotopic (exact) mass is 294 g/mol. The van der Waals surface area contributed by atoms with Crippen molar-refractivity contribution in [1.29, 1.82) is 0 Å². The van der Waals surface area contributed by atoms with Gasteiger partial charge >= 0.3 is 6.03 Å². The number of anilines is 1. The van der Waals surface area contributed by atoms with Crippen LogP contribution >= 0.6 is 11.9 Å². The van der Waals surface area contributed by atoms with Gasteiger partial charge in [-0.2, -0.15) is 0 Å². The number of carbonyl (C=O) groups excluding carboxylic acids is 1. The summed E-state index contributed by atoms with van der Waals surface area (Å²) in [4.78, 5) is 16.3. The maximum atomic E-state index is 12.2. The largest absolute Gasteiger partial charge is 0.322 e. The summed E-state index contributed by atoms with van der Waals surface area (Å²) in [5, 5.41) is 8.45. The van der Waals surface area contributed by atoms with E-state index in [1.807, 2.05) is 30.9 Å². The first kappa shape index (κ1) is 15.2. The van der Waals surface area contributed by atoms with Crippen molar-refractivity contribution >= 4 is 23.7 Å². The van der Waals surface area contributed by atoms with E-state index < -0.39 is 0 Å². The van der Waals surface area contributed by atoms with Crippen molar-refractivity contribution < 1.29 is 4.79 Å². The molecule has 110 valence electrons. The van der Waals surface area contributed by atoms with Crippen LogP contribution in [0.3, 0.4) is 0 Å². The molecule has 1 fully saturated rings. The van der Waals surface area contributed by atoms with Crippen molar-refractivity contribution in [1.82, 2.24) is 9.80 Å². The number of nitrogens with zero attached hydrogens (tertiary/aromatic N) is 2. The molecule has 1 saturated heterocycles. The molecule has 0 bridgehead atoms. The third-order valence-electron chi connectivity index (χ3n) is 3.39. The van der Waals surface area contributed by atoms with Gasteiger partial charge in [-0.3, -0.25) is 10.0 Å². The summed E-state index contributed by atoms with van der Waals surface area (Å²) in [5.41, 5.74) is 3.18. The Morgan fingerprint density at radius 2 is 1.80 bits per heavy atom. The van der Waals surface area contributed by atoms with Gasteiger partial charge in [0.05, 0.1) is 5.88 Å². The third-order valence-corrected chi connectivity index (χ3v) is 3.90. The molecule has 0 unspecified atom stereocenters. The summed E-state index contributed by atoms with van der Waals surface area (Å²) in [5.74, 6) is 0.826. The quantitative estimate of drug-likeness (QED) is 0.837. The van der Waals surface area contributed by atoms with E-state index in [0.717, 1.165) is 48.9 Å². The highest BCUT2D eigenvalue weighted by atomic mass is 32.2. The molecule has 20 heavy (non-hydrogen) atoms. The fraction of sp³-hybridized carbons (Fsp3) is 0.500. The molecule has 0 saturated carbocycles. The van der Waals surface area contributed by atoms with Gasteiger partial charge in [0, 0.05) is 31.9 Å². The molecule has 0 aliphatic carbocycles. The Hall–Kier alpha value is -1.24. The van der Waals surface area contributed by atoms with Crippen LogP contribution in [0.4, 0.5) is 10.5 Å². The van der Waals surface area contributed by atoms with Gasteiger partial charge < -0.3 is 10.2 Å². The number of aryl methyl sites for hydroxylation is 2. The molecule has 0 spiro atoms. The SMILES string of the molecule is Cc1cc(C)cc(NC(=O)N2CCN(CSN)CC2)c1. The van der Waals surface area contributed by atoms with Crippen LogP contribution in [0.2, 0.25) is 0 Å². The fourth-order valence-electron chi connectivity index (χ4n) is 2.43. The zero-order valence-electron chi connectivity index (χ0n) is 12.1. The predicted octanol–water partition coefficient (Wildman–Crippen LogP) is 2.02. The van der Waals surface area contributed by atoms with Crippen LogP contribution in [0.1, 0.15) is 11.1 Å². The number of nitrogens with one attached hydrogen (secondary N) is 1. The van der Waals surface area contributed by atoms with Gasteiger partial charge in [0.2, 0.25) is 0 Å². The average Bonchev–Trinajstić information content (AvgIpc) is 2.38. The second-order valence-electron chi connectivity index (χ2n) is 5.21. The summed E-state index contributed by atoms with van der Waals surface area (Å²) in [6.45, 7) is 7.32. The van der Waals surface area contributed by atoms with Crippen molar-refractivity contribution in [2.75, 3.05) is 37.4 Å². The highest BCUT2D eigenvalue weighted by Crippen LogP contribution is 2.15. The molecule has 5 nitrogen and oxygen atoms in total. The maximum Gasteiger partial charge on any atom is 0.321 e. The van der Waals surface area contributed by atoms with E-state index in [1.165, 1.54) is 11.9 Å². The molecule has 1 aliphatic rings. The average molecular weight is 294 g/mol. The molecule has 0 radical (unpaired) electrons. The molecule has 1 aromatic carbocycles. The summed E-state index contributed by atoms with van der Waals surface area (Å²) in [6.07, 6.45) is 0. The third kappa shape index (κ3) is 4.13. The number of hydrogen-bond donors (Lipinski definition) is 2. The fourth-order valence-corrected chi connectivity index (χ4v) is 2.90. The summed E-state index contributed by atoms with van der Waals surface area (Å²) in [7, 11) is 0. The van der Waals surface area contributed by atoms with E-state index in [2.05, 4.69) is 16.3 Å². The number of piperazine rings is 1. The van der Waals surface area contributed by atoms with Crippen LogP contribution in [-0.2, 0) is 0 Å². The number of carbonyl (C=O) groups is 1. The van der Waals surface area contributed by atoms with E-state index in [1.54, 1.807) is 0 Å². The molecule has 0 atom stereocenters. The van der Waals surface area contributed by atoms with Crippen molar-refractivity contribution in [3.63, 3.8) is 0 Å². The zero-order chi connectivity index (χ0) is 14.5. The molecule has 2 rings (SSSR count). The molecule has 2 amide bonds. The minimum atomic E-state index is -0.0185. The maximum absolute atomic E-state index is 12.2. The van der Waals surface area contributed by atoms with Gasteiger partial charge in [-0.1, -0.05) is 18.0 Å². The Morgan fingerprint density at radius 1 is 1.20 bits per heavy atom. The van der Waals surface area contributed by atoms with Gasteiger partial charge in [0.15, 0.2) is 0 Å². The number of nitrogens with two attached hydrogens (primary N) is 1. The number of urea groups is 1. The summed E-state index contributed by atoms with van der Waals surface area (Å²) in [6, 6.07) is 6.06. The second-order valence-corrected chi connectivity index (χ2v) is 5.80. The Balaban J connectivity index is 1.89. The topological polar surface area (TPSA) is 61.6 Å². The van der Waals surface area contributed by atoms with Crippen LogP contribution in [-0.4, -0.2) is 47.9 Å². The van der Waals surface area contributed by atoms with Gasteiger partial charge in [-0.15, -0.1) is 0 Å². The molecule has 1 aromatic rings. The Morgan fingerprint density at radius 3 is 2.35 bits per heavy atom. The van der Waals surface area contributed by atoms with E-state index >= 15 is 0 Å². The summed E-state index contributed by atoms with van der Waals surface area (Å²) >= 11 is 1.33. The van der Waals surface area contributed by atoms with Crippen LogP contribution in [0, 0.1) is 13.8 Å². The van der Waals surface area contributed by atoms with Gasteiger partial charge in [-0.25, -0.2) is 4.79 Å².